The van der Waals surface area contributed by atoms with E-state index < -0.39 is 0 Å². The van der Waals surface area contributed by atoms with Crippen LogP contribution in [0.4, 0.5) is 0 Å². The van der Waals surface area contributed by atoms with Crippen LogP contribution in [0.2, 0.25) is 0 Å². The van der Waals surface area contributed by atoms with Crippen LogP contribution in [0.25, 0.3) is 0 Å². The fourth-order valence-corrected chi connectivity index (χ4v) is 2.83. The summed E-state index contributed by atoms with van der Waals surface area (Å²) >= 11 is 0. The van der Waals surface area contributed by atoms with Crippen LogP contribution in [0.1, 0.15) is 23.4 Å². The lowest BCUT2D eigenvalue weighted by molar-refractivity contribution is -0.135. The quantitative estimate of drug-likeness (QED) is 0.804. The Labute approximate surface area is 116 Å². The van der Waals surface area contributed by atoms with Gasteiger partial charge in [0, 0.05) is 38.8 Å². The number of carbonyl (C=O) groups excluding carboxylic acids is 2. The molecule has 0 saturated carbocycles. The molecule has 0 radical (unpaired) electrons. The summed E-state index contributed by atoms with van der Waals surface area (Å²) in [5.41, 5.74) is 0. The summed E-state index contributed by atoms with van der Waals surface area (Å²) in [6.45, 7) is 3.64. The number of likely N-dealkylation sites (tertiary alicyclic amines) is 1. The number of nitrogens with zero attached hydrogens (tertiary/aromatic N) is 3. The zero-order valence-corrected chi connectivity index (χ0v) is 11.2. The van der Waals surface area contributed by atoms with Crippen molar-refractivity contribution in [1.29, 1.82) is 0 Å². The van der Waals surface area contributed by atoms with E-state index in [2.05, 4.69) is 10.5 Å². The first kappa shape index (κ1) is 13.1. The predicted molar refractivity (Wildman–Crippen MR) is 70.0 cm³/mol. The SMILES string of the molecule is O=C(C1CCCN1C(=O)c1ccno1)N1CCNCC1. The molecule has 108 valence electrons. The van der Waals surface area contributed by atoms with Gasteiger partial charge in [0.1, 0.15) is 6.04 Å². The maximum absolute atomic E-state index is 12.5. The van der Waals surface area contributed by atoms with E-state index in [1.165, 1.54) is 12.3 Å². The third-order valence-electron chi connectivity index (χ3n) is 3.88. The lowest BCUT2D eigenvalue weighted by atomic mass is 10.1. The maximum Gasteiger partial charge on any atom is 0.293 e. The Hall–Kier alpha value is -1.89. The minimum absolute atomic E-state index is 0.0527. The van der Waals surface area contributed by atoms with Crippen LogP contribution in [-0.2, 0) is 4.79 Å². The number of hydrogen-bond donors (Lipinski definition) is 1. The van der Waals surface area contributed by atoms with Gasteiger partial charge in [0.25, 0.3) is 5.91 Å². The molecule has 2 amide bonds. The van der Waals surface area contributed by atoms with Crippen LogP contribution in [0, 0.1) is 0 Å². The van der Waals surface area contributed by atoms with Crippen molar-refractivity contribution in [3.05, 3.63) is 18.0 Å². The number of amides is 2. The summed E-state index contributed by atoms with van der Waals surface area (Å²) in [6.07, 6.45) is 3.02. The van der Waals surface area contributed by atoms with Crippen LogP contribution in [-0.4, -0.2) is 65.5 Å². The minimum atomic E-state index is -0.356. The van der Waals surface area contributed by atoms with Crippen molar-refractivity contribution in [2.75, 3.05) is 32.7 Å². The van der Waals surface area contributed by atoms with E-state index in [0.717, 1.165) is 25.9 Å². The summed E-state index contributed by atoms with van der Waals surface area (Å²) in [6, 6.07) is 1.18. The zero-order valence-electron chi connectivity index (χ0n) is 11.2. The second kappa shape index (κ2) is 5.62. The highest BCUT2D eigenvalue weighted by Crippen LogP contribution is 2.22. The Morgan fingerprint density at radius 2 is 2.10 bits per heavy atom. The molecule has 1 unspecified atom stereocenters. The number of nitrogens with one attached hydrogen (secondary N) is 1. The van der Waals surface area contributed by atoms with Crippen LogP contribution in [0.3, 0.4) is 0 Å². The average Bonchev–Trinajstić information content (AvgIpc) is 3.18. The van der Waals surface area contributed by atoms with Crippen molar-refractivity contribution in [1.82, 2.24) is 20.3 Å². The molecule has 0 aliphatic carbocycles. The molecule has 2 aliphatic heterocycles. The summed E-state index contributed by atoms with van der Waals surface area (Å²) in [7, 11) is 0. The lowest BCUT2D eigenvalue weighted by Crippen LogP contribution is -2.53. The Morgan fingerprint density at radius 1 is 1.30 bits per heavy atom. The molecule has 1 aromatic heterocycles. The molecule has 7 heteroatoms. The molecule has 2 saturated heterocycles. The number of rotatable bonds is 2. The van der Waals surface area contributed by atoms with Crippen molar-refractivity contribution in [2.45, 2.75) is 18.9 Å². The minimum Gasteiger partial charge on any atom is -0.351 e. The molecule has 3 heterocycles. The molecule has 0 aromatic carbocycles. The fraction of sp³-hybridized carbons (Fsp3) is 0.615. The van der Waals surface area contributed by atoms with Gasteiger partial charge in [0.15, 0.2) is 0 Å². The van der Waals surface area contributed by atoms with E-state index >= 15 is 0 Å². The van der Waals surface area contributed by atoms with Crippen molar-refractivity contribution in [2.24, 2.45) is 0 Å². The largest absolute Gasteiger partial charge is 0.351 e. The Kier molecular flexibility index (Phi) is 3.68. The fourth-order valence-electron chi connectivity index (χ4n) is 2.83. The highest BCUT2D eigenvalue weighted by molar-refractivity contribution is 5.95. The lowest BCUT2D eigenvalue weighted by Gasteiger charge is -2.32. The normalized spacial score (nSPS) is 23.1. The van der Waals surface area contributed by atoms with Gasteiger partial charge in [-0.15, -0.1) is 0 Å². The zero-order chi connectivity index (χ0) is 13.9. The van der Waals surface area contributed by atoms with Crippen LogP contribution in [0.5, 0.6) is 0 Å². The van der Waals surface area contributed by atoms with Crippen molar-refractivity contribution in [3.8, 4) is 0 Å². The number of hydrogen-bond acceptors (Lipinski definition) is 5. The third-order valence-corrected chi connectivity index (χ3v) is 3.88. The number of carbonyl (C=O) groups is 2. The summed E-state index contributed by atoms with van der Waals surface area (Å²) in [5.74, 6) is 0.00959. The molecule has 2 aliphatic rings. The molecule has 20 heavy (non-hydrogen) atoms. The summed E-state index contributed by atoms with van der Waals surface area (Å²) in [4.78, 5) is 28.3. The Bertz CT molecular complexity index is 482. The van der Waals surface area contributed by atoms with Crippen LogP contribution in [0.15, 0.2) is 16.8 Å². The van der Waals surface area contributed by atoms with Crippen molar-refractivity contribution >= 4 is 11.8 Å². The Balaban J connectivity index is 1.71. The van der Waals surface area contributed by atoms with E-state index in [4.69, 9.17) is 4.52 Å². The number of piperazine rings is 1. The molecule has 1 aromatic rings. The highest BCUT2D eigenvalue weighted by Gasteiger charge is 2.38. The van der Waals surface area contributed by atoms with E-state index in [-0.39, 0.29) is 23.6 Å². The molecular formula is C13H18N4O3. The van der Waals surface area contributed by atoms with Gasteiger partial charge in [-0.25, -0.2) is 0 Å². The van der Waals surface area contributed by atoms with E-state index in [1.54, 1.807) is 4.90 Å². The first-order valence-electron chi connectivity index (χ1n) is 6.98. The third kappa shape index (κ3) is 2.40. The van der Waals surface area contributed by atoms with Gasteiger partial charge in [0.05, 0.1) is 6.20 Å². The number of aromatic nitrogens is 1. The molecule has 1 N–H and O–H groups in total. The van der Waals surface area contributed by atoms with Crippen molar-refractivity contribution < 1.29 is 14.1 Å². The standard InChI is InChI=1S/C13H18N4O3/c18-12(16-8-5-14-6-9-16)10-2-1-7-17(10)13(19)11-3-4-15-20-11/h3-4,10,14H,1-2,5-9H2. The topological polar surface area (TPSA) is 78.7 Å². The molecule has 0 bridgehead atoms. The van der Waals surface area contributed by atoms with Gasteiger partial charge in [-0.1, -0.05) is 5.16 Å². The van der Waals surface area contributed by atoms with Crippen LogP contribution >= 0.6 is 0 Å². The molecule has 0 spiro atoms. The van der Waals surface area contributed by atoms with Crippen molar-refractivity contribution in [3.63, 3.8) is 0 Å². The average molecular weight is 278 g/mol. The molecular weight excluding hydrogens is 260 g/mol. The molecule has 3 rings (SSSR count). The van der Waals surface area contributed by atoms with Gasteiger partial charge < -0.3 is 19.6 Å². The Morgan fingerprint density at radius 3 is 2.80 bits per heavy atom. The van der Waals surface area contributed by atoms with Gasteiger partial charge in [-0.3, -0.25) is 9.59 Å². The van der Waals surface area contributed by atoms with E-state index in [0.29, 0.717) is 19.6 Å². The van der Waals surface area contributed by atoms with Gasteiger partial charge >= 0.3 is 0 Å². The second-order valence-corrected chi connectivity index (χ2v) is 5.11. The summed E-state index contributed by atoms with van der Waals surface area (Å²) < 4.78 is 4.91. The van der Waals surface area contributed by atoms with Gasteiger partial charge in [0.2, 0.25) is 11.7 Å². The monoisotopic (exact) mass is 278 g/mol. The smallest absolute Gasteiger partial charge is 0.293 e. The molecule has 7 nitrogen and oxygen atoms in total. The first-order valence-corrected chi connectivity index (χ1v) is 6.98. The maximum atomic E-state index is 12.5. The van der Waals surface area contributed by atoms with E-state index in [1.807, 2.05) is 4.90 Å². The predicted octanol–water partition coefficient (Wildman–Crippen LogP) is -0.289. The summed E-state index contributed by atoms with van der Waals surface area (Å²) in [5, 5.41) is 6.77. The molecule has 2 fully saturated rings. The van der Waals surface area contributed by atoms with E-state index in [9.17, 15) is 9.59 Å². The second-order valence-electron chi connectivity index (χ2n) is 5.11. The molecule has 1 atom stereocenters. The first-order chi connectivity index (χ1) is 9.77. The highest BCUT2D eigenvalue weighted by atomic mass is 16.5. The van der Waals surface area contributed by atoms with Gasteiger partial charge in [-0.2, -0.15) is 0 Å². The van der Waals surface area contributed by atoms with Crippen LogP contribution < -0.4 is 5.32 Å². The van der Waals surface area contributed by atoms with Gasteiger partial charge in [-0.05, 0) is 12.8 Å².